The lowest BCUT2D eigenvalue weighted by Gasteiger charge is -2.20. The van der Waals surface area contributed by atoms with Crippen molar-refractivity contribution in [3.05, 3.63) is 35.4 Å². The number of nitrogens with one attached hydrogen (secondary N) is 1. The molecule has 2 atom stereocenters. The monoisotopic (exact) mass is 305 g/mol. The first-order chi connectivity index (χ1) is 9.38. The van der Waals surface area contributed by atoms with Crippen LogP contribution >= 0.6 is 11.8 Å². The molecule has 0 radical (unpaired) electrons. The standard InChI is InChI=1S/C15H22F3NS/c1-4-11(3)20-10-14(19-5-2)12-6-8-13(9-7-12)15(16,17)18/h6-9,11,14,19H,4-5,10H2,1-3H3. The molecular weight excluding hydrogens is 283 g/mol. The van der Waals surface area contributed by atoms with E-state index in [4.69, 9.17) is 0 Å². The third-order valence-electron chi connectivity index (χ3n) is 3.21. The van der Waals surface area contributed by atoms with E-state index in [2.05, 4.69) is 19.2 Å². The van der Waals surface area contributed by atoms with Gasteiger partial charge in [-0.1, -0.05) is 32.9 Å². The fourth-order valence-electron chi connectivity index (χ4n) is 1.80. The van der Waals surface area contributed by atoms with Gasteiger partial charge in [0, 0.05) is 17.0 Å². The third-order valence-corrected chi connectivity index (χ3v) is 4.64. The van der Waals surface area contributed by atoms with E-state index in [0.29, 0.717) is 5.25 Å². The summed E-state index contributed by atoms with van der Waals surface area (Å²) in [6.45, 7) is 7.11. The summed E-state index contributed by atoms with van der Waals surface area (Å²) in [5.41, 5.74) is 0.321. The largest absolute Gasteiger partial charge is 0.416 e. The van der Waals surface area contributed by atoms with Crippen molar-refractivity contribution in [2.75, 3.05) is 12.3 Å². The topological polar surface area (TPSA) is 12.0 Å². The smallest absolute Gasteiger partial charge is 0.310 e. The van der Waals surface area contributed by atoms with Gasteiger partial charge >= 0.3 is 6.18 Å². The lowest BCUT2D eigenvalue weighted by atomic mass is 10.1. The molecule has 114 valence electrons. The highest BCUT2D eigenvalue weighted by Gasteiger charge is 2.30. The van der Waals surface area contributed by atoms with Crippen LogP contribution in [0.2, 0.25) is 0 Å². The Bertz CT molecular complexity index is 389. The van der Waals surface area contributed by atoms with Gasteiger partial charge in [0.25, 0.3) is 0 Å². The van der Waals surface area contributed by atoms with Crippen LogP contribution in [0.5, 0.6) is 0 Å². The number of hydrogen-bond donors (Lipinski definition) is 1. The molecule has 1 aromatic rings. The van der Waals surface area contributed by atoms with Gasteiger partial charge in [-0.15, -0.1) is 0 Å². The maximum atomic E-state index is 12.5. The number of rotatable bonds is 7. The van der Waals surface area contributed by atoms with Crippen LogP contribution < -0.4 is 5.32 Å². The Morgan fingerprint density at radius 2 is 1.75 bits per heavy atom. The van der Waals surface area contributed by atoms with Crippen molar-refractivity contribution in [3.63, 3.8) is 0 Å². The van der Waals surface area contributed by atoms with Gasteiger partial charge in [-0.3, -0.25) is 0 Å². The van der Waals surface area contributed by atoms with Crippen LogP contribution in [0.3, 0.4) is 0 Å². The zero-order valence-corrected chi connectivity index (χ0v) is 12.9. The van der Waals surface area contributed by atoms with Crippen molar-refractivity contribution in [2.45, 2.75) is 44.7 Å². The van der Waals surface area contributed by atoms with E-state index in [0.717, 1.165) is 36.4 Å². The van der Waals surface area contributed by atoms with Crippen LogP contribution in [0.4, 0.5) is 13.2 Å². The molecule has 0 saturated carbocycles. The minimum absolute atomic E-state index is 0.0984. The molecule has 0 aromatic heterocycles. The number of halogens is 3. The molecule has 2 unspecified atom stereocenters. The number of thioether (sulfide) groups is 1. The number of benzene rings is 1. The Morgan fingerprint density at radius 3 is 2.20 bits per heavy atom. The van der Waals surface area contributed by atoms with Crippen LogP contribution in [-0.4, -0.2) is 17.5 Å². The number of alkyl halides is 3. The van der Waals surface area contributed by atoms with Gasteiger partial charge in [0.15, 0.2) is 0 Å². The van der Waals surface area contributed by atoms with Crippen LogP contribution in [-0.2, 0) is 6.18 Å². The maximum Gasteiger partial charge on any atom is 0.416 e. The first-order valence-corrected chi connectivity index (χ1v) is 7.95. The minimum atomic E-state index is -4.27. The molecule has 1 aromatic carbocycles. The van der Waals surface area contributed by atoms with Crippen molar-refractivity contribution in [1.29, 1.82) is 0 Å². The second-order valence-corrected chi connectivity index (χ2v) is 6.25. The molecule has 0 bridgehead atoms. The summed E-state index contributed by atoms with van der Waals surface area (Å²) in [6, 6.07) is 5.57. The average Bonchev–Trinajstić information content (AvgIpc) is 2.42. The van der Waals surface area contributed by atoms with Gasteiger partial charge in [-0.2, -0.15) is 24.9 Å². The molecule has 1 N–H and O–H groups in total. The van der Waals surface area contributed by atoms with Crippen molar-refractivity contribution >= 4 is 11.8 Å². The molecule has 0 amide bonds. The van der Waals surface area contributed by atoms with E-state index < -0.39 is 11.7 Å². The third kappa shape index (κ3) is 5.37. The van der Waals surface area contributed by atoms with Crippen molar-refractivity contribution in [1.82, 2.24) is 5.32 Å². The fourth-order valence-corrected chi connectivity index (χ4v) is 2.87. The van der Waals surface area contributed by atoms with Gasteiger partial charge in [0.2, 0.25) is 0 Å². The van der Waals surface area contributed by atoms with Gasteiger partial charge in [0.1, 0.15) is 0 Å². The van der Waals surface area contributed by atoms with Crippen molar-refractivity contribution in [2.24, 2.45) is 0 Å². The fraction of sp³-hybridized carbons (Fsp3) is 0.600. The Balaban J connectivity index is 2.76. The predicted octanol–water partition coefficient (Wildman–Crippen LogP) is 4.89. The zero-order chi connectivity index (χ0) is 15.2. The van der Waals surface area contributed by atoms with Crippen molar-refractivity contribution < 1.29 is 13.2 Å². The molecule has 0 aliphatic rings. The summed E-state index contributed by atoms with van der Waals surface area (Å²) in [6.07, 6.45) is -3.17. The number of hydrogen-bond acceptors (Lipinski definition) is 2. The van der Waals surface area contributed by atoms with Crippen LogP contribution in [0.25, 0.3) is 0 Å². The molecule has 20 heavy (non-hydrogen) atoms. The summed E-state index contributed by atoms with van der Waals surface area (Å²) in [7, 11) is 0. The molecule has 1 nitrogen and oxygen atoms in total. The summed E-state index contributed by atoms with van der Waals surface area (Å²) in [5, 5.41) is 3.90. The molecule has 5 heteroatoms. The van der Waals surface area contributed by atoms with Crippen LogP contribution in [0.1, 0.15) is 44.4 Å². The zero-order valence-electron chi connectivity index (χ0n) is 12.1. The summed E-state index contributed by atoms with van der Waals surface area (Å²) in [4.78, 5) is 0. The summed E-state index contributed by atoms with van der Waals surface area (Å²) < 4.78 is 37.6. The predicted molar refractivity (Wildman–Crippen MR) is 80.1 cm³/mol. The van der Waals surface area contributed by atoms with E-state index in [-0.39, 0.29) is 6.04 Å². The van der Waals surface area contributed by atoms with Gasteiger partial charge in [-0.05, 0) is 30.7 Å². The highest BCUT2D eigenvalue weighted by Crippen LogP contribution is 2.30. The Labute approximate surface area is 123 Å². The molecule has 0 aliphatic heterocycles. The summed E-state index contributed by atoms with van der Waals surface area (Å²) in [5.74, 6) is 0.869. The normalized spacial score (nSPS) is 15.1. The lowest BCUT2D eigenvalue weighted by Crippen LogP contribution is -2.23. The van der Waals surface area contributed by atoms with E-state index in [1.54, 1.807) is 12.1 Å². The van der Waals surface area contributed by atoms with Gasteiger partial charge < -0.3 is 5.32 Å². The molecule has 0 fully saturated rings. The molecule has 1 rings (SSSR count). The minimum Gasteiger partial charge on any atom is -0.310 e. The molecule has 0 heterocycles. The second kappa shape index (κ2) is 7.93. The Kier molecular flexibility index (Phi) is 6.89. The first kappa shape index (κ1) is 17.4. The second-order valence-electron chi connectivity index (χ2n) is 4.78. The van der Waals surface area contributed by atoms with E-state index in [9.17, 15) is 13.2 Å². The van der Waals surface area contributed by atoms with Crippen LogP contribution in [0.15, 0.2) is 24.3 Å². The molecule has 0 spiro atoms. The molecule has 0 saturated heterocycles. The quantitative estimate of drug-likeness (QED) is 0.770. The van der Waals surface area contributed by atoms with Gasteiger partial charge in [-0.25, -0.2) is 0 Å². The lowest BCUT2D eigenvalue weighted by molar-refractivity contribution is -0.137. The van der Waals surface area contributed by atoms with E-state index in [1.165, 1.54) is 0 Å². The summed E-state index contributed by atoms with van der Waals surface area (Å²) >= 11 is 1.84. The average molecular weight is 305 g/mol. The molecular formula is C15H22F3NS. The molecule has 0 aliphatic carbocycles. The first-order valence-electron chi connectivity index (χ1n) is 6.90. The van der Waals surface area contributed by atoms with Crippen LogP contribution in [0, 0.1) is 0 Å². The Morgan fingerprint density at radius 1 is 1.15 bits per heavy atom. The van der Waals surface area contributed by atoms with Crippen molar-refractivity contribution in [3.8, 4) is 0 Å². The highest BCUT2D eigenvalue weighted by molar-refractivity contribution is 7.99. The Hall–Kier alpha value is -0.680. The van der Waals surface area contributed by atoms with E-state index >= 15 is 0 Å². The highest BCUT2D eigenvalue weighted by atomic mass is 32.2. The van der Waals surface area contributed by atoms with E-state index in [1.807, 2.05) is 18.7 Å². The SMILES string of the molecule is CCNC(CSC(C)CC)c1ccc(C(F)(F)F)cc1. The maximum absolute atomic E-state index is 12.5. The van der Waals surface area contributed by atoms with Gasteiger partial charge in [0.05, 0.1) is 5.56 Å².